The first-order valence-corrected chi connectivity index (χ1v) is 6.65. The highest BCUT2D eigenvalue weighted by molar-refractivity contribution is 7.12. The minimum atomic E-state index is 0.593. The third-order valence-electron chi connectivity index (χ3n) is 2.58. The molecule has 1 atom stereocenters. The second kappa shape index (κ2) is 6.69. The van der Waals surface area contributed by atoms with Gasteiger partial charge in [-0.05, 0) is 25.0 Å². The number of aryl methyl sites for hydroxylation is 1. The van der Waals surface area contributed by atoms with Crippen LogP contribution >= 0.6 is 11.3 Å². The summed E-state index contributed by atoms with van der Waals surface area (Å²) in [6, 6.07) is 4.54. The number of hydrogen-bond acceptors (Lipinski definition) is 1. The highest BCUT2D eigenvalue weighted by atomic mass is 32.1. The fourth-order valence-electron chi connectivity index (χ4n) is 1.83. The largest absolute Gasteiger partial charge is 0.145 e. The van der Waals surface area contributed by atoms with Crippen molar-refractivity contribution < 1.29 is 0 Å². The lowest BCUT2D eigenvalue weighted by molar-refractivity contribution is 0.638. The first-order chi connectivity index (χ1) is 7.31. The van der Waals surface area contributed by atoms with E-state index in [-0.39, 0.29) is 0 Å². The van der Waals surface area contributed by atoms with Crippen LogP contribution in [0.2, 0.25) is 0 Å². The van der Waals surface area contributed by atoms with Crippen molar-refractivity contribution in [3.8, 4) is 12.3 Å². The van der Waals surface area contributed by atoms with E-state index in [4.69, 9.17) is 6.42 Å². The van der Waals surface area contributed by atoms with Gasteiger partial charge in [0.05, 0.1) is 0 Å². The number of thiophene rings is 1. The molecule has 0 aliphatic carbocycles. The highest BCUT2D eigenvalue weighted by Crippen LogP contribution is 2.31. The first-order valence-electron chi connectivity index (χ1n) is 5.83. The van der Waals surface area contributed by atoms with Crippen LogP contribution in [0.3, 0.4) is 0 Å². The molecule has 0 radical (unpaired) electrons. The molecule has 1 aromatic rings. The van der Waals surface area contributed by atoms with E-state index in [2.05, 4.69) is 31.9 Å². The molecule has 0 fully saturated rings. The van der Waals surface area contributed by atoms with E-state index in [1.807, 2.05) is 11.3 Å². The average Bonchev–Trinajstić information content (AvgIpc) is 2.67. The molecule has 1 heterocycles. The van der Waals surface area contributed by atoms with Crippen molar-refractivity contribution in [3.05, 3.63) is 21.9 Å². The van der Waals surface area contributed by atoms with E-state index < -0.39 is 0 Å². The van der Waals surface area contributed by atoms with Crippen molar-refractivity contribution in [3.63, 3.8) is 0 Å². The molecule has 0 amide bonds. The van der Waals surface area contributed by atoms with Crippen molar-refractivity contribution in [1.82, 2.24) is 0 Å². The molecule has 0 nitrogen and oxygen atoms in total. The molecule has 0 aromatic carbocycles. The fraction of sp³-hybridized carbons (Fsp3) is 0.571. The van der Waals surface area contributed by atoms with Crippen LogP contribution in [0.5, 0.6) is 0 Å². The summed E-state index contributed by atoms with van der Waals surface area (Å²) < 4.78 is 0. The lowest BCUT2D eigenvalue weighted by Crippen LogP contribution is -1.93. The zero-order chi connectivity index (χ0) is 11.1. The number of rotatable bonds is 6. The Balaban J connectivity index is 2.68. The Morgan fingerprint density at radius 1 is 1.33 bits per heavy atom. The molecule has 0 bridgehead atoms. The van der Waals surface area contributed by atoms with Gasteiger partial charge in [0.25, 0.3) is 0 Å². The standard InChI is InChI=1S/C14H20S/c1-4-7-12(8-5-2)14-11-10-13(15-14)9-6-3/h1,10-12H,5-9H2,2-3H3. The maximum atomic E-state index is 5.42. The normalized spacial score (nSPS) is 12.3. The Morgan fingerprint density at radius 2 is 2.13 bits per heavy atom. The molecule has 0 spiro atoms. The smallest absolute Gasteiger partial charge is 0.0163 e. The van der Waals surface area contributed by atoms with E-state index in [1.54, 1.807) is 0 Å². The summed E-state index contributed by atoms with van der Waals surface area (Å²) in [6.45, 7) is 4.45. The van der Waals surface area contributed by atoms with Gasteiger partial charge < -0.3 is 0 Å². The van der Waals surface area contributed by atoms with Crippen LogP contribution in [0.25, 0.3) is 0 Å². The summed E-state index contributed by atoms with van der Waals surface area (Å²) >= 11 is 1.95. The average molecular weight is 220 g/mol. The van der Waals surface area contributed by atoms with Crippen LogP contribution in [-0.2, 0) is 6.42 Å². The van der Waals surface area contributed by atoms with Crippen LogP contribution in [0, 0.1) is 12.3 Å². The van der Waals surface area contributed by atoms with E-state index in [0.717, 1.165) is 6.42 Å². The highest BCUT2D eigenvalue weighted by Gasteiger charge is 2.11. The van der Waals surface area contributed by atoms with E-state index >= 15 is 0 Å². The molecule has 1 aromatic heterocycles. The van der Waals surface area contributed by atoms with Gasteiger partial charge in [-0.25, -0.2) is 0 Å². The van der Waals surface area contributed by atoms with Gasteiger partial charge in [0.2, 0.25) is 0 Å². The molecule has 1 heteroatoms. The van der Waals surface area contributed by atoms with Gasteiger partial charge in [0.15, 0.2) is 0 Å². The quantitative estimate of drug-likeness (QED) is 0.614. The van der Waals surface area contributed by atoms with Crippen molar-refractivity contribution in [2.24, 2.45) is 0 Å². The predicted molar refractivity (Wildman–Crippen MR) is 69.4 cm³/mol. The van der Waals surface area contributed by atoms with Crippen LogP contribution in [0.1, 0.15) is 55.2 Å². The molecular weight excluding hydrogens is 200 g/mol. The molecule has 82 valence electrons. The summed E-state index contributed by atoms with van der Waals surface area (Å²) in [4.78, 5) is 2.99. The fourth-order valence-corrected chi connectivity index (χ4v) is 3.08. The molecule has 0 aliphatic rings. The monoisotopic (exact) mass is 220 g/mol. The van der Waals surface area contributed by atoms with E-state index in [1.165, 1.54) is 35.4 Å². The van der Waals surface area contributed by atoms with Crippen LogP contribution < -0.4 is 0 Å². The Kier molecular flexibility index (Phi) is 5.50. The number of hydrogen-bond donors (Lipinski definition) is 0. The van der Waals surface area contributed by atoms with E-state index in [9.17, 15) is 0 Å². The topological polar surface area (TPSA) is 0 Å². The van der Waals surface area contributed by atoms with Crippen molar-refractivity contribution in [2.45, 2.75) is 51.9 Å². The molecule has 0 saturated carbocycles. The molecule has 0 saturated heterocycles. The summed E-state index contributed by atoms with van der Waals surface area (Å²) in [7, 11) is 0. The molecular formula is C14H20S. The summed E-state index contributed by atoms with van der Waals surface area (Å²) in [5.41, 5.74) is 0. The van der Waals surface area contributed by atoms with Crippen molar-refractivity contribution in [1.29, 1.82) is 0 Å². The maximum absolute atomic E-state index is 5.42. The van der Waals surface area contributed by atoms with Crippen molar-refractivity contribution in [2.75, 3.05) is 0 Å². The zero-order valence-electron chi connectivity index (χ0n) is 9.75. The third-order valence-corrected chi connectivity index (χ3v) is 3.89. The lowest BCUT2D eigenvalue weighted by atomic mass is 9.98. The molecule has 15 heavy (non-hydrogen) atoms. The summed E-state index contributed by atoms with van der Waals surface area (Å²) in [5, 5.41) is 0. The zero-order valence-corrected chi connectivity index (χ0v) is 10.6. The Hall–Kier alpha value is -0.740. The molecule has 1 rings (SSSR count). The van der Waals surface area contributed by atoms with Gasteiger partial charge in [0.1, 0.15) is 0 Å². The van der Waals surface area contributed by atoms with Crippen molar-refractivity contribution >= 4 is 11.3 Å². The minimum absolute atomic E-state index is 0.593. The molecule has 0 aliphatic heterocycles. The van der Waals surface area contributed by atoms with E-state index in [0.29, 0.717) is 5.92 Å². The van der Waals surface area contributed by atoms with Crippen LogP contribution in [0.4, 0.5) is 0 Å². The lowest BCUT2D eigenvalue weighted by Gasteiger charge is -2.10. The maximum Gasteiger partial charge on any atom is 0.0163 e. The van der Waals surface area contributed by atoms with Gasteiger partial charge in [-0.1, -0.05) is 26.7 Å². The summed E-state index contributed by atoms with van der Waals surface area (Å²) in [6.07, 6.45) is 11.2. The number of terminal acetylenes is 1. The van der Waals surface area contributed by atoms with Crippen LogP contribution in [0.15, 0.2) is 12.1 Å². The molecule has 1 unspecified atom stereocenters. The second-order valence-corrected chi connectivity index (χ2v) is 5.15. The second-order valence-electron chi connectivity index (χ2n) is 3.95. The van der Waals surface area contributed by atoms with Gasteiger partial charge in [-0.3, -0.25) is 0 Å². The Labute approximate surface area is 97.7 Å². The SMILES string of the molecule is C#CCC(CCC)c1ccc(CCC)s1. The Bertz CT molecular complexity index is 316. The first kappa shape index (κ1) is 12.3. The van der Waals surface area contributed by atoms with Gasteiger partial charge in [-0.2, -0.15) is 0 Å². The summed E-state index contributed by atoms with van der Waals surface area (Å²) in [5.74, 6) is 3.39. The Morgan fingerprint density at radius 3 is 2.73 bits per heavy atom. The van der Waals surface area contributed by atoms with Gasteiger partial charge >= 0.3 is 0 Å². The molecule has 0 N–H and O–H groups in total. The third kappa shape index (κ3) is 3.72. The van der Waals surface area contributed by atoms with Gasteiger partial charge in [0, 0.05) is 22.1 Å². The van der Waals surface area contributed by atoms with Gasteiger partial charge in [-0.15, -0.1) is 23.7 Å². The van der Waals surface area contributed by atoms with Crippen LogP contribution in [-0.4, -0.2) is 0 Å². The predicted octanol–water partition coefficient (Wildman–Crippen LogP) is 4.61. The minimum Gasteiger partial charge on any atom is -0.145 e.